The van der Waals surface area contributed by atoms with Gasteiger partial charge in [0.25, 0.3) is 0 Å². The molecule has 0 saturated heterocycles. The number of nitrogen functional groups attached to an aromatic ring is 1. The molecular formula is C19H22ClN4O6PS. The Bertz CT molecular complexity index is 1060. The molecule has 13 heteroatoms. The summed E-state index contributed by atoms with van der Waals surface area (Å²) < 4.78 is 15.6. The standard InChI is InChI=1S/C19H22ClN4O6PS/c1-12(24(11-25)10-15-9-22-13(2)23-18(15)21)17(7-8-30-31(27,28)29)32-19(26)14-3-5-16(20)6-4-14/h3-6,9,11H,7-8,10H2,1-2H3,(H2,21,22,23)(H2,27,28,29). The summed E-state index contributed by atoms with van der Waals surface area (Å²) in [6.45, 7) is 2.97. The van der Waals surface area contributed by atoms with Crippen LogP contribution in [0.25, 0.3) is 0 Å². The number of benzene rings is 1. The van der Waals surface area contributed by atoms with Gasteiger partial charge < -0.3 is 20.4 Å². The Kier molecular flexibility index (Phi) is 9.38. The number of aromatic nitrogens is 2. The number of carbonyl (C=O) groups is 2. The number of nitrogens with zero attached hydrogens (tertiary/aromatic N) is 3. The molecule has 0 atom stereocenters. The lowest BCUT2D eigenvalue weighted by Crippen LogP contribution is -2.22. The molecule has 0 saturated carbocycles. The largest absolute Gasteiger partial charge is 0.469 e. The second kappa shape index (κ2) is 11.6. The number of aryl methyl sites for hydroxylation is 1. The number of hydrogen-bond acceptors (Lipinski definition) is 8. The number of thioether (sulfide) groups is 1. The van der Waals surface area contributed by atoms with Gasteiger partial charge >= 0.3 is 7.82 Å². The number of carbonyl (C=O) groups excluding carboxylic acids is 2. The summed E-state index contributed by atoms with van der Waals surface area (Å²) >= 11 is 6.68. The third kappa shape index (κ3) is 8.01. The fourth-order valence-electron chi connectivity index (χ4n) is 2.53. The number of rotatable bonds is 10. The Morgan fingerprint density at radius 2 is 2.00 bits per heavy atom. The molecule has 172 valence electrons. The van der Waals surface area contributed by atoms with Crippen LogP contribution in [0.5, 0.6) is 0 Å². The van der Waals surface area contributed by atoms with E-state index in [1.165, 1.54) is 11.1 Å². The van der Waals surface area contributed by atoms with Gasteiger partial charge in [-0.1, -0.05) is 11.6 Å². The van der Waals surface area contributed by atoms with Crippen LogP contribution in [-0.2, 0) is 20.4 Å². The van der Waals surface area contributed by atoms with E-state index in [0.717, 1.165) is 11.8 Å². The molecule has 1 amide bonds. The van der Waals surface area contributed by atoms with Crippen molar-refractivity contribution in [3.05, 3.63) is 63.0 Å². The lowest BCUT2D eigenvalue weighted by Gasteiger charge is -2.22. The van der Waals surface area contributed by atoms with Crippen LogP contribution in [0.1, 0.15) is 35.1 Å². The van der Waals surface area contributed by atoms with Crippen molar-refractivity contribution in [2.45, 2.75) is 26.8 Å². The van der Waals surface area contributed by atoms with Crippen LogP contribution in [0.3, 0.4) is 0 Å². The molecule has 10 nitrogen and oxygen atoms in total. The van der Waals surface area contributed by atoms with Gasteiger partial charge in [0, 0.05) is 39.4 Å². The number of anilines is 1. The van der Waals surface area contributed by atoms with E-state index >= 15 is 0 Å². The van der Waals surface area contributed by atoms with Crippen molar-refractivity contribution in [2.24, 2.45) is 0 Å². The van der Waals surface area contributed by atoms with Crippen LogP contribution in [0.4, 0.5) is 5.82 Å². The van der Waals surface area contributed by atoms with Crippen molar-refractivity contribution in [1.82, 2.24) is 14.9 Å². The number of halogens is 1. The highest BCUT2D eigenvalue weighted by Gasteiger charge is 2.20. The molecule has 1 aromatic carbocycles. The van der Waals surface area contributed by atoms with Crippen molar-refractivity contribution in [3.63, 3.8) is 0 Å². The van der Waals surface area contributed by atoms with Gasteiger partial charge in [-0.15, -0.1) is 0 Å². The number of phosphoric ester groups is 1. The van der Waals surface area contributed by atoms with Gasteiger partial charge in [0.2, 0.25) is 11.5 Å². The van der Waals surface area contributed by atoms with Gasteiger partial charge in [-0.2, -0.15) is 0 Å². The molecule has 0 spiro atoms. The third-order valence-electron chi connectivity index (χ3n) is 4.21. The van der Waals surface area contributed by atoms with Crippen LogP contribution < -0.4 is 5.73 Å². The maximum absolute atomic E-state index is 12.7. The predicted molar refractivity (Wildman–Crippen MR) is 121 cm³/mol. The second-order valence-corrected chi connectivity index (χ2v) is 9.28. The van der Waals surface area contributed by atoms with E-state index in [1.54, 1.807) is 38.1 Å². The van der Waals surface area contributed by atoms with Gasteiger partial charge in [0.05, 0.1) is 13.2 Å². The van der Waals surface area contributed by atoms with E-state index in [-0.39, 0.29) is 30.5 Å². The fraction of sp³-hybridized carbons (Fsp3) is 0.263. The quantitative estimate of drug-likeness (QED) is 0.326. The van der Waals surface area contributed by atoms with Gasteiger partial charge in [-0.3, -0.25) is 14.1 Å². The summed E-state index contributed by atoms with van der Waals surface area (Å²) in [5, 5.41) is 0.134. The van der Waals surface area contributed by atoms with E-state index in [1.807, 2.05) is 0 Å². The minimum absolute atomic E-state index is 0.0227. The summed E-state index contributed by atoms with van der Waals surface area (Å²) in [5.41, 5.74) is 7.17. The minimum atomic E-state index is -4.69. The zero-order chi connectivity index (χ0) is 23.9. The lowest BCUT2D eigenvalue weighted by molar-refractivity contribution is -0.116. The number of nitrogens with two attached hydrogens (primary N) is 1. The third-order valence-corrected chi connectivity index (χ3v) is 6.14. The fourth-order valence-corrected chi connectivity index (χ4v) is 3.92. The van der Waals surface area contributed by atoms with E-state index in [4.69, 9.17) is 27.1 Å². The molecule has 0 radical (unpaired) electrons. The Balaban J connectivity index is 2.31. The molecule has 0 aliphatic heterocycles. The maximum atomic E-state index is 12.7. The monoisotopic (exact) mass is 500 g/mol. The Morgan fingerprint density at radius 3 is 2.56 bits per heavy atom. The predicted octanol–water partition coefficient (Wildman–Crippen LogP) is 3.28. The van der Waals surface area contributed by atoms with Crippen molar-refractivity contribution in [1.29, 1.82) is 0 Å². The summed E-state index contributed by atoms with van der Waals surface area (Å²) in [6, 6.07) is 6.25. The first-order valence-electron chi connectivity index (χ1n) is 9.17. The normalized spacial score (nSPS) is 12.3. The van der Waals surface area contributed by atoms with Crippen LogP contribution in [0.15, 0.2) is 41.1 Å². The molecule has 0 bridgehead atoms. The average Bonchev–Trinajstić information content (AvgIpc) is 2.71. The first-order chi connectivity index (χ1) is 15.0. The van der Waals surface area contributed by atoms with Crippen LogP contribution in [0.2, 0.25) is 5.02 Å². The first-order valence-corrected chi connectivity index (χ1v) is 11.9. The number of amides is 1. The van der Waals surface area contributed by atoms with Gasteiger partial charge in [0.15, 0.2) is 0 Å². The summed E-state index contributed by atoms with van der Waals surface area (Å²) in [5.74, 6) is 0.698. The molecule has 4 N–H and O–H groups in total. The lowest BCUT2D eigenvalue weighted by atomic mass is 10.2. The Morgan fingerprint density at radius 1 is 1.34 bits per heavy atom. The van der Waals surface area contributed by atoms with Crippen molar-refractivity contribution in [2.75, 3.05) is 12.3 Å². The Labute approximate surface area is 194 Å². The van der Waals surface area contributed by atoms with Crippen molar-refractivity contribution >= 4 is 48.5 Å². The smallest absolute Gasteiger partial charge is 0.383 e. The number of allylic oxidation sites excluding steroid dienone is 1. The molecular weight excluding hydrogens is 479 g/mol. The molecule has 2 rings (SSSR count). The molecule has 1 aromatic heterocycles. The van der Waals surface area contributed by atoms with Gasteiger partial charge in [0.1, 0.15) is 11.6 Å². The molecule has 0 aliphatic rings. The highest BCUT2D eigenvalue weighted by molar-refractivity contribution is 8.17. The highest BCUT2D eigenvalue weighted by atomic mass is 35.5. The van der Waals surface area contributed by atoms with Gasteiger partial charge in [-0.25, -0.2) is 14.5 Å². The van der Waals surface area contributed by atoms with Crippen molar-refractivity contribution < 1.29 is 28.5 Å². The molecule has 0 unspecified atom stereocenters. The molecule has 0 fully saturated rings. The molecule has 0 aliphatic carbocycles. The number of phosphoric acid groups is 1. The van der Waals surface area contributed by atoms with Crippen LogP contribution in [-0.4, -0.2) is 42.8 Å². The SMILES string of the molecule is CC(=C(CCOP(=O)(O)O)SC(=O)c1ccc(Cl)cc1)N(C=O)Cc1cnc(C)nc1N. The summed E-state index contributed by atoms with van der Waals surface area (Å²) in [6.07, 6.45) is 2.04. The van der Waals surface area contributed by atoms with Crippen LogP contribution in [0, 0.1) is 6.92 Å². The van der Waals surface area contributed by atoms with E-state index in [9.17, 15) is 14.2 Å². The molecule has 32 heavy (non-hydrogen) atoms. The molecule has 2 aromatic rings. The second-order valence-electron chi connectivity index (χ2n) is 6.54. The Hall–Kier alpha value is -2.27. The van der Waals surface area contributed by atoms with E-state index < -0.39 is 7.82 Å². The van der Waals surface area contributed by atoms with Crippen LogP contribution >= 0.6 is 31.2 Å². The highest BCUT2D eigenvalue weighted by Crippen LogP contribution is 2.37. The number of hydrogen-bond donors (Lipinski definition) is 3. The maximum Gasteiger partial charge on any atom is 0.469 e. The van der Waals surface area contributed by atoms with Gasteiger partial charge in [-0.05, 0) is 49.9 Å². The topological polar surface area (TPSA) is 156 Å². The van der Waals surface area contributed by atoms with E-state index in [2.05, 4.69) is 14.5 Å². The zero-order valence-corrected chi connectivity index (χ0v) is 19.7. The molecule has 1 heterocycles. The first kappa shape index (κ1) is 26.0. The van der Waals surface area contributed by atoms with E-state index in [0.29, 0.717) is 39.0 Å². The van der Waals surface area contributed by atoms with Crippen molar-refractivity contribution in [3.8, 4) is 0 Å². The zero-order valence-electron chi connectivity index (χ0n) is 17.3. The summed E-state index contributed by atoms with van der Waals surface area (Å²) in [7, 11) is -4.69. The average molecular weight is 501 g/mol. The minimum Gasteiger partial charge on any atom is -0.383 e. The summed E-state index contributed by atoms with van der Waals surface area (Å²) in [4.78, 5) is 52.3.